The Morgan fingerprint density at radius 3 is 2.19 bits per heavy atom. The molecule has 1 aliphatic rings. The van der Waals surface area contributed by atoms with Gasteiger partial charge in [0.2, 0.25) is 0 Å². The fourth-order valence-electron chi connectivity index (χ4n) is 2.48. The highest BCUT2D eigenvalue weighted by Crippen LogP contribution is 2.36. The molecule has 2 rings (SSSR count). The van der Waals surface area contributed by atoms with Crippen LogP contribution < -0.4 is 0 Å². The van der Waals surface area contributed by atoms with Crippen LogP contribution in [0.1, 0.15) is 43.8 Å². The summed E-state index contributed by atoms with van der Waals surface area (Å²) in [5.74, 6) is -1.28. The van der Waals surface area contributed by atoms with Gasteiger partial charge in [0.1, 0.15) is 11.6 Å². The third-order valence-corrected chi connectivity index (χ3v) is 3.39. The number of hydrogen-bond acceptors (Lipinski definition) is 1. The summed E-state index contributed by atoms with van der Waals surface area (Å²) in [6.07, 6.45) is 3.95. The van der Waals surface area contributed by atoms with E-state index in [0.717, 1.165) is 32.1 Å². The molecule has 1 saturated carbocycles. The van der Waals surface area contributed by atoms with Crippen LogP contribution >= 0.6 is 0 Å². The summed E-state index contributed by atoms with van der Waals surface area (Å²) in [5.41, 5.74) is -0.158. The van der Waals surface area contributed by atoms with E-state index in [2.05, 4.69) is 0 Å². The van der Waals surface area contributed by atoms with Crippen molar-refractivity contribution < 1.29 is 13.9 Å². The molecule has 1 fully saturated rings. The molecule has 16 heavy (non-hydrogen) atoms. The zero-order chi connectivity index (χ0) is 11.5. The quantitative estimate of drug-likeness (QED) is 0.817. The van der Waals surface area contributed by atoms with E-state index in [4.69, 9.17) is 0 Å². The van der Waals surface area contributed by atoms with Crippen molar-refractivity contribution in [3.05, 3.63) is 35.4 Å². The first-order valence-corrected chi connectivity index (χ1v) is 5.82. The van der Waals surface area contributed by atoms with Gasteiger partial charge in [0.25, 0.3) is 0 Å². The summed E-state index contributed by atoms with van der Waals surface area (Å²) in [4.78, 5) is 0. The fourth-order valence-corrected chi connectivity index (χ4v) is 2.48. The number of benzene rings is 1. The smallest absolute Gasteiger partial charge is 0.131 e. The van der Waals surface area contributed by atoms with Crippen LogP contribution in [0.2, 0.25) is 0 Å². The molecule has 0 unspecified atom stereocenters. The van der Waals surface area contributed by atoms with Gasteiger partial charge in [0.15, 0.2) is 0 Å². The first kappa shape index (κ1) is 11.5. The molecule has 0 heterocycles. The summed E-state index contributed by atoms with van der Waals surface area (Å²) < 4.78 is 26.9. The third-order valence-electron chi connectivity index (χ3n) is 3.39. The summed E-state index contributed by atoms with van der Waals surface area (Å²) in [5, 5.41) is 10.0. The van der Waals surface area contributed by atoms with Crippen molar-refractivity contribution in [2.75, 3.05) is 0 Å². The van der Waals surface area contributed by atoms with E-state index >= 15 is 0 Å². The molecule has 1 aliphatic carbocycles. The van der Waals surface area contributed by atoms with E-state index in [-0.39, 0.29) is 11.5 Å². The molecule has 3 heteroatoms. The maximum atomic E-state index is 13.5. The first-order chi connectivity index (χ1) is 7.70. The van der Waals surface area contributed by atoms with Crippen LogP contribution in [0.5, 0.6) is 0 Å². The topological polar surface area (TPSA) is 20.2 Å². The van der Waals surface area contributed by atoms with Crippen LogP contribution in [-0.4, -0.2) is 5.11 Å². The van der Waals surface area contributed by atoms with Gasteiger partial charge in [-0.15, -0.1) is 0 Å². The zero-order valence-electron chi connectivity index (χ0n) is 9.13. The average Bonchev–Trinajstić information content (AvgIpc) is 2.30. The molecular weight excluding hydrogens is 210 g/mol. The van der Waals surface area contributed by atoms with Crippen molar-refractivity contribution in [1.29, 1.82) is 0 Å². The number of aliphatic hydroxyl groups excluding tert-OH is 1. The van der Waals surface area contributed by atoms with E-state index in [1.807, 2.05) is 0 Å². The van der Waals surface area contributed by atoms with E-state index < -0.39 is 17.7 Å². The number of aliphatic hydroxyl groups is 1. The van der Waals surface area contributed by atoms with Crippen LogP contribution in [0.4, 0.5) is 8.78 Å². The average molecular weight is 226 g/mol. The van der Waals surface area contributed by atoms with Gasteiger partial charge in [0, 0.05) is 0 Å². The maximum Gasteiger partial charge on any atom is 0.131 e. The monoisotopic (exact) mass is 226 g/mol. The number of hydrogen-bond donors (Lipinski definition) is 1. The van der Waals surface area contributed by atoms with Crippen LogP contribution in [0.25, 0.3) is 0 Å². The van der Waals surface area contributed by atoms with Gasteiger partial charge < -0.3 is 5.11 Å². The molecule has 1 N–H and O–H groups in total. The van der Waals surface area contributed by atoms with E-state index in [1.54, 1.807) is 0 Å². The van der Waals surface area contributed by atoms with Gasteiger partial charge in [-0.25, -0.2) is 8.78 Å². The lowest BCUT2D eigenvalue weighted by Crippen LogP contribution is -2.18. The molecule has 0 radical (unpaired) electrons. The second-order valence-electron chi connectivity index (χ2n) is 4.48. The molecule has 1 nitrogen and oxygen atoms in total. The van der Waals surface area contributed by atoms with Crippen molar-refractivity contribution >= 4 is 0 Å². The summed E-state index contributed by atoms with van der Waals surface area (Å²) in [7, 11) is 0. The second kappa shape index (κ2) is 4.91. The normalized spacial score (nSPS) is 19.7. The predicted molar refractivity (Wildman–Crippen MR) is 57.9 cm³/mol. The van der Waals surface area contributed by atoms with Crippen LogP contribution in [0, 0.1) is 17.6 Å². The Balaban J connectivity index is 2.22. The van der Waals surface area contributed by atoms with Crippen LogP contribution in [-0.2, 0) is 0 Å². The van der Waals surface area contributed by atoms with Gasteiger partial charge in [-0.3, -0.25) is 0 Å². The largest absolute Gasteiger partial charge is 0.388 e. The molecule has 0 bridgehead atoms. The van der Waals surface area contributed by atoms with Crippen molar-refractivity contribution in [1.82, 2.24) is 0 Å². The lowest BCUT2D eigenvalue weighted by Gasteiger charge is -2.27. The molecule has 1 aromatic carbocycles. The minimum absolute atomic E-state index is 0.000139. The lowest BCUT2D eigenvalue weighted by molar-refractivity contribution is 0.0782. The second-order valence-corrected chi connectivity index (χ2v) is 4.48. The number of rotatable bonds is 2. The molecule has 0 aliphatic heterocycles. The predicted octanol–water partition coefficient (Wildman–Crippen LogP) is 3.58. The first-order valence-electron chi connectivity index (χ1n) is 5.82. The van der Waals surface area contributed by atoms with Crippen molar-refractivity contribution in [2.45, 2.75) is 38.2 Å². The highest BCUT2D eigenvalue weighted by Gasteiger charge is 2.27. The minimum Gasteiger partial charge on any atom is -0.388 e. The molecular formula is C13H16F2O. The summed E-state index contributed by atoms with van der Waals surface area (Å²) >= 11 is 0. The van der Waals surface area contributed by atoms with Crippen molar-refractivity contribution in [3.8, 4) is 0 Å². The Kier molecular flexibility index (Phi) is 3.54. The summed E-state index contributed by atoms with van der Waals surface area (Å²) in [6.45, 7) is 0. The zero-order valence-corrected chi connectivity index (χ0v) is 9.13. The van der Waals surface area contributed by atoms with Crippen molar-refractivity contribution in [2.24, 2.45) is 5.92 Å². The van der Waals surface area contributed by atoms with Gasteiger partial charge in [0.05, 0.1) is 11.7 Å². The SMILES string of the molecule is O[C@@H](c1c(F)cccc1F)C1CCCCC1. The van der Waals surface area contributed by atoms with Crippen LogP contribution in [0.3, 0.4) is 0 Å². The lowest BCUT2D eigenvalue weighted by atomic mass is 9.82. The minimum atomic E-state index is -0.999. The van der Waals surface area contributed by atoms with E-state index in [1.165, 1.54) is 18.2 Å². The van der Waals surface area contributed by atoms with E-state index in [0.29, 0.717) is 0 Å². The Morgan fingerprint density at radius 1 is 1.06 bits per heavy atom. The molecule has 0 amide bonds. The van der Waals surface area contributed by atoms with Crippen LogP contribution in [0.15, 0.2) is 18.2 Å². The molecule has 0 spiro atoms. The van der Waals surface area contributed by atoms with E-state index in [9.17, 15) is 13.9 Å². The van der Waals surface area contributed by atoms with Crippen molar-refractivity contribution in [3.63, 3.8) is 0 Å². The highest BCUT2D eigenvalue weighted by atomic mass is 19.1. The van der Waals surface area contributed by atoms with Gasteiger partial charge >= 0.3 is 0 Å². The van der Waals surface area contributed by atoms with Gasteiger partial charge in [-0.1, -0.05) is 25.3 Å². The molecule has 0 aromatic heterocycles. The van der Waals surface area contributed by atoms with Gasteiger partial charge in [-0.05, 0) is 30.9 Å². The maximum absolute atomic E-state index is 13.5. The Bertz CT molecular complexity index is 339. The summed E-state index contributed by atoms with van der Waals surface area (Å²) in [6, 6.07) is 3.72. The molecule has 1 aromatic rings. The Hall–Kier alpha value is -0.960. The standard InChI is InChI=1S/C13H16F2O/c14-10-7-4-8-11(15)12(10)13(16)9-5-2-1-3-6-9/h4,7-9,13,16H,1-3,5-6H2/t13-/m1/s1. The highest BCUT2D eigenvalue weighted by molar-refractivity contribution is 5.22. The molecule has 88 valence electrons. The number of halogens is 2. The van der Waals surface area contributed by atoms with Gasteiger partial charge in [-0.2, -0.15) is 0 Å². The molecule has 1 atom stereocenters. The fraction of sp³-hybridized carbons (Fsp3) is 0.538. The molecule has 0 saturated heterocycles. The Labute approximate surface area is 94.1 Å². The third kappa shape index (κ3) is 2.24. The Morgan fingerprint density at radius 2 is 1.62 bits per heavy atom.